The van der Waals surface area contributed by atoms with E-state index in [1.54, 1.807) is 0 Å². The summed E-state index contributed by atoms with van der Waals surface area (Å²) in [6.45, 7) is 4.69. The van der Waals surface area contributed by atoms with Crippen LogP contribution in [-0.4, -0.2) is 9.97 Å². The lowest BCUT2D eigenvalue weighted by atomic mass is 9.66. The van der Waals surface area contributed by atoms with Crippen LogP contribution in [0, 0.1) is 0 Å². The summed E-state index contributed by atoms with van der Waals surface area (Å²) in [6, 6.07) is 79.7. The van der Waals surface area contributed by atoms with Crippen molar-refractivity contribution in [1.82, 2.24) is 9.97 Å². The maximum Gasteiger partial charge on any atom is 0.160 e. The molecule has 62 heavy (non-hydrogen) atoms. The molecule has 292 valence electrons. The summed E-state index contributed by atoms with van der Waals surface area (Å²) in [4.78, 5) is 10.8. The van der Waals surface area contributed by atoms with Gasteiger partial charge < -0.3 is 0 Å². The standard InChI is InChI=1S/C60H42N2/c1-59(2)52-34-16-14-28-45(52)49-31-19-33-51(56(49)59)55-38-54(61-58(62-55)39-20-6-3-7-21-39)47-37-36-44(42-26-12-13-27-43(42)47)48-30-18-32-50-46-29-15-17-35-53(46)60(57(48)50,40-22-8-4-9-23-40)41-24-10-5-11-25-41/h3-38H,1-2H3. The van der Waals surface area contributed by atoms with Crippen molar-refractivity contribution in [3.05, 3.63) is 252 Å². The van der Waals surface area contributed by atoms with E-state index in [-0.39, 0.29) is 5.41 Å². The van der Waals surface area contributed by atoms with E-state index in [9.17, 15) is 0 Å². The molecule has 0 saturated heterocycles. The van der Waals surface area contributed by atoms with E-state index in [0.29, 0.717) is 5.82 Å². The van der Waals surface area contributed by atoms with E-state index in [0.717, 1.165) is 33.5 Å². The third-order valence-corrected chi connectivity index (χ3v) is 13.6. The predicted octanol–water partition coefficient (Wildman–Crippen LogP) is 15.0. The molecule has 0 N–H and O–H groups in total. The lowest BCUT2D eigenvalue weighted by Crippen LogP contribution is -2.29. The Kier molecular flexibility index (Phi) is 8.14. The van der Waals surface area contributed by atoms with Crippen molar-refractivity contribution in [3.8, 4) is 67.3 Å². The number of hydrogen-bond acceptors (Lipinski definition) is 2. The van der Waals surface area contributed by atoms with Crippen LogP contribution in [0.25, 0.3) is 78.1 Å². The normalized spacial score (nSPS) is 13.9. The van der Waals surface area contributed by atoms with Crippen molar-refractivity contribution in [3.63, 3.8) is 0 Å². The maximum absolute atomic E-state index is 5.40. The van der Waals surface area contributed by atoms with E-state index in [4.69, 9.17) is 9.97 Å². The van der Waals surface area contributed by atoms with Crippen molar-refractivity contribution < 1.29 is 0 Å². The van der Waals surface area contributed by atoms with Crippen molar-refractivity contribution >= 4 is 10.8 Å². The Labute approximate surface area is 362 Å². The topological polar surface area (TPSA) is 25.8 Å². The molecule has 1 aromatic heterocycles. The molecule has 2 nitrogen and oxygen atoms in total. The minimum absolute atomic E-state index is 0.195. The molecule has 2 heteroatoms. The van der Waals surface area contributed by atoms with Gasteiger partial charge in [-0.25, -0.2) is 9.97 Å². The zero-order valence-corrected chi connectivity index (χ0v) is 34.7. The molecule has 0 bridgehead atoms. The molecule has 0 atom stereocenters. The Hall–Kier alpha value is -7.68. The van der Waals surface area contributed by atoms with Crippen molar-refractivity contribution in [2.75, 3.05) is 0 Å². The minimum Gasteiger partial charge on any atom is -0.228 e. The largest absolute Gasteiger partial charge is 0.228 e. The van der Waals surface area contributed by atoms with Crippen LogP contribution in [0.1, 0.15) is 47.2 Å². The van der Waals surface area contributed by atoms with Crippen LogP contribution >= 0.6 is 0 Å². The summed E-state index contributed by atoms with van der Waals surface area (Å²) in [5.74, 6) is 0.714. The van der Waals surface area contributed by atoms with Gasteiger partial charge in [-0.15, -0.1) is 0 Å². The minimum atomic E-state index is -0.527. The fourth-order valence-corrected chi connectivity index (χ4v) is 11.0. The Morgan fingerprint density at radius 1 is 0.323 bits per heavy atom. The van der Waals surface area contributed by atoms with Gasteiger partial charge in [-0.3, -0.25) is 0 Å². The SMILES string of the molecule is CC1(C)c2ccccc2-c2cccc(-c3cc(-c4ccc(-c5cccc6c5C(c5ccccc5)(c5ccccc5)c5ccccc5-6)c5ccccc45)nc(-c4ccccc4)n3)c21. The zero-order valence-electron chi connectivity index (χ0n) is 34.7. The second-order valence-corrected chi connectivity index (χ2v) is 17.2. The van der Waals surface area contributed by atoms with E-state index in [2.05, 4.69) is 226 Å². The molecule has 0 radical (unpaired) electrons. The van der Waals surface area contributed by atoms with Crippen molar-refractivity contribution in [2.24, 2.45) is 0 Å². The summed E-state index contributed by atoms with van der Waals surface area (Å²) < 4.78 is 0. The zero-order chi connectivity index (χ0) is 41.4. The Morgan fingerprint density at radius 3 is 1.40 bits per heavy atom. The van der Waals surface area contributed by atoms with Gasteiger partial charge in [0.15, 0.2) is 5.82 Å². The highest BCUT2D eigenvalue weighted by atomic mass is 14.9. The molecule has 0 spiro atoms. The molecule has 0 amide bonds. The first-order valence-corrected chi connectivity index (χ1v) is 21.6. The molecule has 0 saturated carbocycles. The van der Waals surface area contributed by atoms with Crippen LogP contribution in [0.3, 0.4) is 0 Å². The van der Waals surface area contributed by atoms with Gasteiger partial charge in [-0.05, 0) is 83.6 Å². The van der Waals surface area contributed by atoms with Crippen LogP contribution in [0.5, 0.6) is 0 Å². The lowest BCUT2D eigenvalue weighted by Gasteiger charge is -2.35. The molecule has 2 aliphatic rings. The van der Waals surface area contributed by atoms with E-state index in [1.165, 1.54) is 72.1 Å². The van der Waals surface area contributed by atoms with Crippen molar-refractivity contribution in [1.29, 1.82) is 0 Å². The third-order valence-electron chi connectivity index (χ3n) is 13.6. The van der Waals surface area contributed by atoms with Gasteiger partial charge in [-0.2, -0.15) is 0 Å². The number of nitrogens with zero attached hydrogens (tertiary/aromatic N) is 2. The van der Waals surface area contributed by atoms with Gasteiger partial charge in [0.25, 0.3) is 0 Å². The first-order chi connectivity index (χ1) is 30.5. The van der Waals surface area contributed by atoms with Crippen LogP contribution in [0.2, 0.25) is 0 Å². The average Bonchev–Trinajstić information content (AvgIpc) is 3.78. The van der Waals surface area contributed by atoms with Crippen LogP contribution in [-0.2, 0) is 10.8 Å². The van der Waals surface area contributed by atoms with Gasteiger partial charge in [0.1, 0.15) is 0 Å². The fraction of sp³-hybridized carbons (Fsp3) is 0.0667. The summed E-state index contributed by atoms with van der Waals surface area (Å²) >= 11 is 0. The van der Waals surface area contributed by atoms with E-state index >= 15 is 0 Å². The van der Waals surface area contributed by atoms with Gasteiger partial charge >= 0.3 is 0 Å². The molecule has 0 fully saturated rings. The number of fused-ring (bicyclic) bond motifs is 7. The highest BCUT2D eigenvalue weighted by molar-refractivity contribution is 6.07. The first kappa shape index (κ1) is 36.2. The molecule has 1 heterocycles. The Bertz CT molecular complexity index is 3330. The number of benzene rings is 9. The highest BCUT2D eigenvalue weighted by Gasteiger charge is 2.47. The Balaban J connectivity index is 1.10. The molecular weight excluding hydrogens is 749 g/mol. The molecule has 2 aliphatic carbocycles. The smallest absolute Gasteiger partial charge is 0.160 e. The van der Waals surface area contributed by atoms with Crippen LogP contribution in [0.4, 0.5) is 0 Å². The highest BCUT2D eigenvalue weighted by Crippen LogP contribution is 2.59. The molecule has 9 aromatic carbocycles. The Morgan fingerprint density at radius 2 is 0.758 bits per heavy atom. The second-order valence-electron chi connectivity index (χ2n) is 17.2. The molecule has 12 rings (SSSR count). The van der Waals surface area contributed by atoms with Crippen LogP contribution in [0.15, 0.2) is 218 Å². The molecule has 10 aromatic rings. The van der Waals surface area contributed by atoms with E-state index in [1.807, 2.05) is 6.07 Å². The maximum atomic E-state index is 5.40. The van der Waals surface area contributed by atoms with Gasteiger partial charge in [0.2, 0.25) is 0 Å². The van der Waals surface area contributed by atoms with Crippen LogP contribution < -0.4 is 0 Å². The molecular formula is C60H42N2. The third kappa shape index (κ3) is 5.23. The average molecular weight is 791 g/mol. The second kappa shape index (κ2) is 13.9. The fourth-order valence-electron chi connectivity index (χ4n) is 11.0. The first-order valence-electron chi connectivity index (χ1n) is 21.6. The van der Waals surface area contributed by atoms with Gasteiger partial charge in [0.05, 0.1) is 16.8 Å². The van der Waals surface area contributed by atoms with Gasteiger partial charge in [0, 0.05) is 22.1 Å². The van der Waals surface area contributed by atoms with Gasteiger partial charge in [-0.1, -0.05) is 226 Å². The number of hydrogen-bond donors (Lipinski definition) is 0. The quantitative estimate of drug-likeness (QED) is 0.168. The predicted molar refractivity (Wildman–Crippen MR) is 256 cm³/mol. The lowest BCUT2D eigenvalue weighted by molar-refractivity contribution is 0.662. The summed E-state index contributed by atoms with van der Waals surface area (Å²) in [6.07, 6.45) is 0. The monoisotopic (exact) mass is 790 g/mol. The molecule has 0 unspecified atom stereocenters. The van der Waals surface area contributed by atoms with Crippen molar-refractivity contribution in [2.45, 2.75) is 24.7 Å². The summed E-state index contributed by atoms with van der Waals surface area (Å²) in [7, 11) is 0. The summed E-state index contributed by atoms with van der Waals surface area (Å²) in [5, 5.41) is 2.33. The molecule has 0 aliphatic heterocycles. The summed E-state index contributed by atoms with van der Waals surface area (Å²) in [5.41, 5.74) is 19.6. The number of rotatable bonds is 6. The van der Waals surface area contributed by atoms with E-state index < -0.39 is 5.41 Å². The number of aromatic nitrogens is 2.